The van der Waals surface area contributed by atoms with E-state index in [1.165, 1.54) is 0 Å². The summed E-state index contributed by atoms with van der Waals surface area (Å²) < 4.78 is 7.19. The van der Waals surface area contributed by atoms with Crippen LogP contribution in [-0.2, 0) is 4.79 Å². The number of aliphatic imine (C=N–C) groups is 1. The average Bonchev–Trinajstić information content (AvgIpc) is 3.20. The number of para-hydroxylation sites is 3. The SMILES string of the molecule is COc1ccc([C@H]2c3c(C)nn(-c4ccccc4)c3N=C3C(=O)Nc4ccccc4N32)cc1. The van der Waals surface area contributed by atoms with Crippen molar-refractivity contribution in [3.63, 3.8) is 0 Å². The molecule has 6 rings (SSSR count). The number of nitrogens with zero attached hydrogens (tertiary/aromatic N) is 4. The molecule has 33 heavy (non-hydrogen) atoms. The lowest BCUT2D eigenvalue weighted by atomic mass is 9.93. The van der Waals surface area contributed by atoms with Crippen LogP contribution < -0.4 is 15.0 Å². The topological polar surface area (TPSA) is 71.7 Å². The van der Waals surface area contributed by atoms with Gasteiger partial charge in [0, 0.05) is 5.56 Å². The molecule has 3 aromatic carbocycles. The van der Waals surface area contributed by atoms with Crippen LogP contribution >= 0.6 is 0 Å². The van der Waals surface area contributed by atoms with E-state index in [-0.39, 0.29) is 11.9 Å². The van der Waals surface area contributed by atoms with Crippen LogP contribution in [0.2, 0.25) is 0 Å². The molecule has 162 valence electrons. The number of aromatic nitrogens is 2. The summed E-state index contributed by atoms with van der Waals surface area (Å²) in [5, 5.41) is 7.82. The number of fused-ring (bicyclic) bond motifs is 4. The van der Waals surface area contributed by atoms with E-state index in [4.69, 9.17) is 14.8 Å². The van der Waals surface area contributed by atoms with Crippen molar-refractivity contribution in [2.24, 2.45) is 4.99 Å². The van der Waals surface area contributed by atoms with Crippen molar-refractivity contribution < 1.29 is 9.53 Å². The van der Waals surface area contributed by atoms with Gasteiger partial charge in [0.15, 0.2) is 5.82 Å². The quantitative estimate of drug-likeness (QED) is 0.503. The summed E-state index contributed by atoms with van der Waals surface area (Å²) in [4.78, 5) is 20.1. The van der Waals surface area contributed by atoms with E-state index >= 15 is 0 Å². The van der Waals surface area contributed by atoms with Crippen molar-refractivity contribution in [3.8, 4) is 11.4 Å². The fourth-order valence-corrected chi connectivity index (χ4v) is 4.59. The van der Waals surface area contributed by atoms with E-state index in [1.54, 1.807) is 7.11 Å². The normalized spacial score (nSPS) is 16.3. The van der Waals surface area contributed by atoms with Crippen molar-refractivity contribution in [2.75, 3.05) is 17.3 Å². The van der Waals surface area contributed by atoms with Gasteiger partial charge in [-0.05, 0) is 48.9 Å². The van der Waals surface area contributed by atoms with E-state index in [0.717, 1.165) is 39.6 Å². The molecule has 1 amide bonds. The Bertz CT molecular complexity index is 1410. The zero-order chi connectivity index (χ0) is 22.5. The van der Waals surface area contributed by atoms with Crippen molar-refractivity contribution in [2.45, 2.75) is 13.0 Å². The van der Waals surface area contributed by atoms with E-state index < -0.39 is 0 Å². The van der Waals surface area contributed by atoms with Crippen LogP contribution in [0.5, 0.6) is 5.75 Å². The number of carbonyl (C=O) groups excluding carboxylic acids is 1. The number of anilines is 2. The molecule has 0 aliphatic carbocycles. The van der Waals surface area contributed by atoms with E-state index in [9.17, 15) is 4.79 Å². The molecule has 3 heterocycles. The molecule has 0 saturated carbocycles. The molecule has 2 aliphatic rings. The van der Waals surface area contributed by atoms with Crippen LogP contribution in [0, 0.1) is 6.92 Å². The average molecular weight is 435 g/mol. The van der Waals surface area contributed by atoms with Gasteiger partial charge in [-0.15, -0.1) is 0 Å². The maximum absolute atomic E-state index is 13.2. The Morgan fingerprint density at radius 2 is 1.67 bits per heavy atom. The fourth-order valence-electron chi connectivity index (χ4n) is 4.59. The minimum Gasteiger partial charge on any atom is -0.497 e. The Balaban J connectivity index is 1.64. The second kappa shape index (κ2) is 7.34. The standard InChI is InChI=1S/C26H21N5O2/c1-16-22-23(17-12-14-19(33-2)15-13-17)30-21-11-7-6-10-20(21)27-26(32)25(30)28-24(22)31(29-16)18-8-4-3-5-9-18/h3-15,23H,1-2H3,(H,27,32)/t23-/m0/s1. The van der Waals surface area contributed by atoms with Crippen LogP contribution in [0.3, 0.4) is 0 Å². The first-order valence-corrected chi connectivity index (χ1v) is 10.7. The second-order valence-corrected chi connectivity index (χ2v) is 8.02. The Morgan fingerprint density at radius 1 is 0.939 bits per heavy atom. The predicted molar refractivity (Wildman–Crippen MR) is 128 cm³/mol. The van der Waals surface area contributed by atoms with Crippen molar-refractivity contribution in [1.29, 1.82) is 0 Å². The summed E-state index contributed by atoms with van der Waals surface area (Å²) in [5.41, 5.74) is 5.40. The number of rotatable bonds is 3. The first kappa shape index (κ1) is 19.3. The van der Waals surface area contributed by atoms with E-state index in [0.29, 0.717) is 11.7 Å². The highest BCUT2D eigenvalue weighted by Gasteiger charge is 2.42. The summed E-state index contributed by atoms with van der Waals surface area (Å²) in [5.74, 6) is 1.55. The zero-order valence-corrected chi connectivity index (χ0v) is 18.2. The molecule has 4 aromatic rings. The number of carbonyl (C=O) groups is 1. The van der Waals surface area contributed by atoms with Gasteiger partial charge >= 0.3 is 0 Å². The third kappa shape index (κ3) is 2.93. The van der Waals surface area contributed by atoms with E-state index in [2.05, 4.69) is 5.32 Å². The third-order valence-corrected chi connectivity index (χ3v) is 6.10. The van der Waals surface area contributed by atoms with Crippen LogP contribution in [0.15, 0.2) is 83.9 Å². The highest BCUT2D eigenvalue weighted by atomic mass is 16.5. The van der Waals surface area contributed by atoms with Crippen molar-refractivity contribution >= 4 is 28.9 Å². The van der Waals surface area contributed by atoms with Gasteiger partial charge in [-0.25, -0.2) is 9.67 Å². The van der Waals surface area contributed by atoms with Gasteiger partial charge in [-0.3, -0.25) is 4.79 Å². The molecule has 2 aliphatic heterocycles. The first-order valence-electron chi connectivity index (χ1n) is 10.7. The van der Waals surface area contributed by atoms with E-state index in [1.807, 2.05) is 95.4 Å². The molecule has 0 bridgehead atoms. The highest BCUT2D eigenvalue weighted by Crippen LogP contribution is 2.47. The second-order valence-electron chi connectivity index (χ2n) is 8.02. The number of methoxy groups -OCH3 is 1. The Kier molecular flexibility index (Phi) is 4.29. The smallest absolute Gasteiger partial charge is 0.291 e. The van der Waals surface area contributed by atoms with Crippen LogP contribution in [0.4, 0.5) is 17.2 Å². The number of aryl methyl sites for hydroxylation is 1. The molecule has 1 aromatic heterocycles. The number of amidine groups is 1. The summed E-state index contributed by atoms with van der Waals surface area (Å²) >= 11 is 0. The summed E-state index contributed by atoms with van der Waals surface area (Å²) in [6, 6.07) is 25.3. The molecule has 1 N–H and O–H groups in total. The Labute approximate surface area is 191 Å². The molecule has 0 fully saturated rings. The number of ether oxygens (including phenoxy) is 1. The molecular weight excluding hydrogens is 414 g/mol. The third-order valence-electron chi connectivity index (χ3n) is 6.10. The van der Waals surface area contributed by atoms with Crippen molar-refractivity contribution in [1.82, 2.24) is 9.78 Å². The highest BCUT2D eigenvalue weighted by molar-refractivity contribution is 6.50. The molecule has 1 atom stereocenters. The molecule has 0 radical (unpaired) electrons. The van der Waals surface area contributed by atoms with Gasteiger partial charge in [0.25, 0.3) is 5.91 Å². The largest absolute Gasteiger partial charge is 0.497 e. The summed E-state index contributed by atoms with van der Waals surface area (Å²) in [7, 11) is 1.65. The predicted octanol–water partition coefficient (Wildman–Crippen LogP) is 4.78. The first-order chi connectivity index (χ1) is 16.2. The number of hydrogen-bond acceptors (Lipinski definition) is 5. The number of amides is 1. The van der Waals surface area contributed by atoms with Crippen LogP contribution in [0.25, 0.3) is 5.69 Å². The molecule has 0 spiro atoms. The molecule has 0 saturated heterocycles. The lowest BCUT2D eigenvalue weighted by Crippen LogP contribution is -2.48. The minimum atomic E-state index is -0.275. The van der Waals surface area contributed by atoms with Gasteiger partial charge in [0.1, 0.15) is 5.75 Å². The van der Waals surface area contributed by atoms with Gasteiger partial charge in [-0.2, -0.15) is 5.10 Å². The van der Waals surface area contributed by atoms with Crippen LogP contribution in [-0.4, -0.2) is 28.6 Å². The van der Waals surface area contributed by atoms with Gasteiger partial charge in [0.05, 0.1) is 35.9 Å². The summed E-state index contributed by atoms with van der Waals surface area (Å²) in [6.07, 6.45) is 0. The lowest BCUT2D eigenvalue weighted by Gasteiger charge is -2.40. The maximum Gasteiger partial charge on any atom is 0.291 e. The number of nitrogens with one attached hydrogen (secondary N) is 1. The zero-order valence-electron chi connectivity index (χ0n) is 18.2. The number of hydrogen-bond donors (Lipinski definition) is 1. The molecular formula is C26H21N5O2. The van der Waals surface area contributed by atoms with Gasteiger partial charge in [0.2, 0.25) is 5.84 Å². The van der Waals surface area contributed by atoms with Gasteiger partial charge in [-0.1, -0.05) is 42.5 Å². The lowest BCUT2D eigenvalue weighted by molar-refractivity contribution is -0.110. The molecule has 0 unspecified atom stereocenters. The van der Waals surface area contributed by atoms with Crippen molar-refractivity contribution in [3.05, 3.63) is 95.7 Å². The maximum atomic E-state index is 13.2. The minimum absolute atomic E-state index is 0.240. The monoisotopic (exact) mass is 435 g/mol. The summed E-state index contributed by atoms with van der Waals surface area (Å²) in [6.45, 7) is 1.99. The Hall–Kier alpha value is -4.39. The molecule has 7 nitrogen and oxygen atoms in total. The Morgan fingerprint density at radius 3 is 2.42 bits per heavy atom. The molecule has 7 heteroatoms. The van der Waals surface area contributed by atoms with Gasteiger partial charge < -0.3 is 15.0 Å². The number of benzene rings is 3. The fraction of sp³-hybridized carbons (Fsp3) is 0.115. The van der Waals surface area contributed by atoms with Crippen LogP contribution in [0.1, 0.15) is 22.9 Å².